The highest BCUT2D eigenvalue weighted by atomic mass is 32.2. The monoisotopic (exact) mass is 268 g/mol. The third-order valence-electron chi connectivity index (χ3n) is 3.06. The van der Waals surface area contributed by atoms with Crippen LogP contribution in [-0.4, -0.2) is 20.1 Å². The normalized spacial score (nSPS) is 16.7. The molecule has 1 aliphatic rings. The molecule has 98 valence electrons. The summed E-state index contributed by atoms with van der Waals surface area (Å²) in [5, 5.41) is 11.9. The van der Waals surface area contributed by atoms with Crippen LogP contribution in [0.25, 0.3) is 0 Å². The van der Waals surface area contributed by atoms with E-state index in [-0.39, 0.29) is 11.6 Å². The SMILES string of the molecule is Cc1nc(N)nc(SC2CCCCC2)c1[N+](=O)[O-]. The van der Waals surface area contributed by atoms with E-state index in [0.29, 0.717) is 16.0 Å². The summed E-state index contributed by atoms with van der Waals surface area (Å²) in [6, 6.07) is 0. The Hall–Kier alpha value is -1.37. The highest BCUT2D eigenvalue weighted by Crippen LogP contribution is 2.37. The maximum absolute atomic E-state index is 11.1. The van der Waals surface area contributed by atoms with Crippen molar-refractivity contribution in [3.05, 3.63) is 15.8 Å². The fourth-order valence-electron chi connectivity index (χ4n) is 2.19. The number of hydrogen-bond donors (Lipinski definition) is 1. The molecule has 1 saturated carbocycles. The molecule has 0 aliphatic heterocycles. The van der Waals surface area contributed by atoms with Gasteiger partial charge in [-0.25, -0.2) is 4.98 Å². The van der Waals surface area contributed by atoms with Crippen LogP contribution in [0.15, 0.2) is 5.03 Å². The standard InChI is InChI=1S/C11H16N4O2S/c1-7-9(15(16)17)10(14-11(12)13-7)18-8-5-3-2-4-6-8/h8H,2-6H2,1H3,(H2,12,13,14). The first kappa shape index (κ1) is 13.1. The first-order valence-electron chi connectivity index (χ1n) is 6.03. The second kappa shape index (κ2) is 5.51. The van der Waals surface area contributed by atoms with Crippen molar-refractivity contribution in [1.29, 1.82) is 0 Å². The average molecular weight is 268 g/mol. The average Bonchev–Trinajstić information content (AvgIpc) is 2.28. The van der Waals surface area contributed by atoms with Gasteiger partial charge in [-0.3, -0.25) is 10.1 Å². The molecule has 1 aliphatic carbocycles. The number of rotatable bonds is 3. The lowest BCUT2D eigenvalue weighted by molar-refractivity contribution is -0.389. The van der Waals surface area contributed by atoms with Gasteiger partial charge in [0.05, 0.1) is 4.92 Å². The van der Waals surface area contributed by atoms with Gasteiger partial charge in [0, 0.05) is 5.25 Å². The van der Waals surface area contributed by atoms with Gasteiger partial charge in [0.15, 0.2) is 5.03 Å². The molecule has 1 aromatic rings. The van der Waals surface area contributed by atoms with Gasteiger partial charge in [-0.2, -0.15) is 4.98 Å². The van der Waals surface area contributed by atoms with Crippen molar-refractivity contribution < 1.29 is 4.92 Å². The third-order valence-corrected chi connectivity index (χ3v) is 4.37. The molecule has 0 amide bonds. The molecule has 1 heterocycles. The number of hydrogen-bond acceptors (Lipinski definition) is 6. The second-order valence-corrected chi connectivity index (χ2v) is 5.75. The lowest BCUT2D eigenvalue weighted by Gasteiger charge is -2.20. The number of aryl methyl sites for hydroxylation is 1. The van der Waals surface area contributed by atoms with Crippen LogP contribution >= 0.6 is 11.8 Å². The van der Waals surface area contributed by atoms with Crippen LogP contribution in [0.2, 0.25) is 0 Å². The van der Waals surface area contributed by atoms with Gasteiger partial charge in [0.2, 0.25) is 5.95 Å². The molecule has 7 heteroatoms. The van der Waals surface area contributed by atoms with E-state index in [4.69, 9.17) is 5.73 Å². The summed E-state index contributed by atoms with van der Waals surface area (Å²) >= 11 is 1.48. The van der Waals surface area contributed by atoms with E-state index in [0.717, 1.165) is 12.8 Å². The molecule has 1 fully saturated rings. The highest BCUT2D eigenvalue weighted by molar-refractivity contribution is 8.00. The molecular formula is C11H16N4O2S. The first-order chi connectivity index (χ1) is 8.58. The summed E-state index contributed by atoms with van der Waals surface area (Å²) in [5.41, 5.74) is 5.91. The molecule has 0 saturated heterocycles. The number of nitrogens with two attached hydrogens (primary N) is 1. The molecule has 0 radical (unpaired) electrons. The zero-order valence-electron chi connectivity index (χ0n) is 10.3. The van der Waals surface area contributed by atoms with Gasteiger partial charge < -0.3 is 5.73 Å². The van der Waals surface area contributed by atoms with E-state index in [9.17, 15) is 10.1 Å². The van der Waals surface area contributed by atoms with E-state index in [1.54, 1.807) is 6.92 Å². The molecule has 2 rings (SSSR count). The Morgan fingerprint density at radius 1 is 1.33 bits per heavy atom. The molecule has 0 spiro atoms. The molecule has 0 bridgehead atoms. The topological polar surface area (TPSA) is 94.9 Å². The molecule has 0 atom stereocenters. The Morgan fingerprint density at radius 2 is 2.00 bits per heavy atom. The highest BCUT2D eigenvalue weighted by Gasteiger charge is 2.25. The van der Waals surface area contributed by atoms with E-state index in [1.807, 2.05) is 0 Å². The number of nitrogens with zero attached hydrogens (tertiary/aromatic N) is 3. The zero-order chi connectivity index (χ0) is 13.1. The predicted octanol–water partition coefficient (Wildman–Crippen LogP) is 2.70. The van der Waals surface area contributed by atoms with Crippen molar-refractivity contribution in [2.75, 3.05) is 5.73 Å². The van der Waals surface area contributed by atoms with Gasteiger partial charge in [0.25, 0.3) is 0 Å². The Balaban J connectivity index is 2.27. The number of nitro groups is 1. The molecule has 0 aromatic carbocycles. The molecular weight excluding hydrogens is 252 g/mol. The van der Waals surface area contributed by atoms with E-state index < -0.39 is 4.92 Å². The maximum Gasteiger partial charge on any atom is 0.322 e. The van der Waals surface area contributed by atoms with Gasteiger partial charge in [0.1, 0.15) is 5.69 Å². The number of aromatic nitrogens is 2. The van der Waals surface area contributed by atoms with Crippen molar-refractivity contribution in [3.63, 3.8) is 0 Å². The summed E-state index contributed by atoms with van der Waals surface area (Å²) < 4.78 is 0. The minimum atomic E-state index is -0.417. The van der Waals surface area contributed by atoms with Gasteiger partial charge in [-0.05, 0) is 19.8 Å². The van der Waals surface area contributed by atoms with Crippen LogP contribution in [0.5, 0.6) is 0 Å². The molecule has 6 nitrogen and oxygen atoms in total. The first-order valence-corrected chi connectivity index (χ1v) is 6.91. The van der Waals surface area contributed by atoms with Crippen LogP contribution in [0, 0.1) is 17.0 Å². The summed E-state index contributed by atoms with van der Waals surface area (Å²) in [4.78, 5) is 18.5. The largest absolute Gasteiger partial charge is 0.368 e. The quantitative estimate of drug-likeness (QED) is 0.514. The minimum Gasteiger partial charge on any atom is -0.368 e. The van der Waals surface area contributed by atoms with Crippen LogP contribution in [-0.2, 0) is 0 Å². The summed E-state index contributed by atoms with van der Waals surface area (Å²) in [6.07, 6.45) is 5.80. The third kappa shape index (κ3) is 2.90. The number of nitrogen functional groups attached to an aromatic ring is 1. The van der Waals surface area contributed by atoms with E-state index >= 15 is 0 Å². The van der Waals surface area contributed by atoms with E-state index in [1.165, 1.54) is 31.0 Å². The number of thioether (sulfide) groups is 1. The minimum absolute atomic E-state index is 0.000210. The second-order valence-electron chi connectivity index (χ2n) is 4.46. The fraction of sp³-hybridized carbons (Fsp3) is 0.636. The molecule has 1 aromatic heterocycles. The van der Waals surface area contributed by atoms with Crippen molar-refractivity contribution >= 4 is 23.4 Å². The van der Waals surface area contributed by atoms with Crippen LogP contribution in [0.3, 0.4) is 0 Å². The van der Waals surface area contributed by atoms with E-state index in [2.05, 4.69) is 9.97 Å². The molecule has 18 heavy (non-hydrogen) atoms. The van der Waals surface area contributed by atoms with Crippen molar-refractivity contribution in [2.24, 2.45) is 0 Å². The molecule has 0 unspecified atom stereocenters. The maximum atomic E-state index is 11.1. The number of anilines is 1. The van der Waals surface area contributed by atoms with Crippen molar-refractivity contribution in [2.45, 2.75) is 49.3 Å². The summed E-state index contributed by atoms with van der Waals surface area (Å²) in [5.74, 6) is 0.108. The summed E-state index contributed by atoms with van der Waals surface area (Å²) in [6.45, 7) is 1.60. The van der Waals surface area contributed by atoms with Crippen LogP contribution in [0.1, 0.15) is 37.8 Å². The van der Waals surface area contributed by atoms with Gasteiger partial charge in [-0.15, -0.1) is 0 Å². The van der Waals surface area contributed by atoms with Crippen molar-refractivity contribution in [1.82, 2.24) is 9.97 Å². The lowest BCUT2D eigenvalue weighted by Crippen LogP contribution is -2.10. The van der Waals surface area contributed by atoms with Crippen LogP contribution in [0.4, 0.5) is 11.6 Å². The molecule has 2 N–H and O–H groups in total. The smallest absolute Gasteiger partial charge is 0.322 e. The predicted molar refractivity (Wildman–Crippen MR) is 70.6 cm³/mol. The summed E-state index contributed by atoms with van der Waals surface area (Å²) in [7, 11) is 0. The lowest BCUT2D eigenvalue weighted by atomic mass is 10.0. The Bertz CT molecular complexity index is 461. The fourth-order valence-corrected chi connectivity index (χ4v) is 3.56. The van der Waals surface area contributed by atoms with Gasteiger partial charge >= 0.3 is 5.69 Å². The van der Waals surface area contributed by atoms with Crippen molar-refractivity contribution in [3.8, 4) is 0 Å². The van der Waals surface area contributed by atoms with Gasteiger partial charge in [-0.1, -0.05) is 31.0 Å². The Labute approximate surface area is 110 Å². The van der Waals surface area contributed by atoms with Crippen LogP contribution < -0.4 is 5.73 Å². The Kier molecular flexibility index (Phi) is 4.00. The Morgan fingerprint density at radius 3 is 2.61 bits per heavy atom. The zero-order valence-corrected chi connectivity index (χ0v) is 11.1.